The topological polar surface area (TPSA) is 93.1 Å². The molecular formula is C16H22N4O3. The molecule has 1 unspecified atom stereocenters. The highest BCUT2D eigenvalue weighted by molar-refractivity contribution is 5.83. The fourth-order valence-corrected chi connectivity index (χ4v) is 3.15. The molecule has 1 aliphatic heterocycles. The number of fused-ring (bicyclic) bond motifs is 1. The van der Waals surface area contributed by atoms with Crippen LogP contribution in [0.5, 0.6) is 0 Å². The summed E-state index contributed by atoms with van der Waals surface area (Å²) >= 11 is 0. The normalized spacial score (nSPS) is 20.5. The average molecular weight is 318 g/mol. The maximum absolute atomic E-state index is 12.0. The lowest BCUT2D eigenvalue weighted by molar-refractivity contribution is -0.128. The van der Waals surface area contributed by atoms with Crippen LogP contribution in [0.15, 0.2) is 10.9 Å². The number of aryl methyl sites for hydroxylation is 2. The smallest absolute Gasteiger partial charge is 0.267 e. The number of aromatic nitrogens is 2. The summed E-state index contributed by atoms with van der Waals surface area (Å²) in [6.07, 6.45) is 5.05. The van der Waals surface area contributed by atoms with Crippen molar-refractivity contribution in [2.24, 2.45) is 5.92 Å². The van der Waals surface area contributed by atoms with Crippen LogP contribution in [0, 0.1) is 5.92 Å². The van der Waals surface area contributed by atoms with E-state index in [1.165, 1.54) is 4.68 Å². The molecule has 0 radical (unpaired) electrons. The Kier molecular flexibility index (Phi) is 4.73. The number of rotatable bonds is 4. The molecule has 3 rings (SSSR count). The Morgan fingerprint density at radius 2 is 2.13 bits per heavy atom. The highest BCUT2D eigenvalue weighted by Gasteiger charge is 2.24. The molecule has 1 fully saturated rings. The van der Waals surface area contributed by atoms with Crippen LogP contribution in [0.4, 0.5) is 0 Å². The quantitative estimate of drug-likeness (QED) is 0.801. The molecule has 0 aromatic carbocycles. The first kappa shape index (κ1) is 15.7. The van der Waals surface area contributed by atoms with Crippen LogP contribution in [0.1, 0.15) is 36.9 Å². The number of carbonyl (C=O) groups excluding carboxylic acids is 2. The summed E-state index contributed by atoms with van der Waals surface area (Å²) in [5.41, 5.74) is 1.97. The first-order chi connectivity index (χ1) is 11.1. The van der Waals surface area contributed by atoms with Gasteiger partial charge in [-0.1, -0.05) is 0 Å². The first-order valence-electron chi connectivity index (χ1n) is 8.28. The number of nitrogens with zero attached hydrogens (tertiary/aromatic N) is 2. The van der Waals surface area contributed by atoms with Crippen molar-refractivity contribution in [2.75, 3.05) is 13.1 Å². The maximum Gasteiger partial charge on any atom is 0.267 e. The molecule has 2 aliphatic rings. The molecule has 7 nitrogen and oxygen atoms in total. The van der Waals surface area contributed by atoms with Crippen LogP contribution in [0.2, 0.25) is 0 Å². The molecule has 1 saturated heterocycles. The van der Waals surface area contributed by atoms with Gasteiger partial charge >= 0.3 is 0 Å². The van der Waals surface area contributed by atoms with Crippen molar-refractivity contribution in [3.8, 4) is 0 Å². The third-order valence-corrected chi connectivity index (χ3v) is 4.53. The molecule has 1 aromatic rings. The number of hydrogen-bond donors (Lipinski definition) is 2. The number of amides is 2. The Morgan fingerprint density at radius 1 is 1.30 bits per heavy atom. The zero-order chi connectivity index (χ0) is 16.2. The highest BCUT2D eigenvalue weighted by Crippen LogP contribution is 2.16. The van der Waals surface area contributed by atoms with E-state index in [1.807, 2.05) is 0 Å². The van der Waals surface area contributed by atoms with Gasteiger partial charge in [-0.05, 0) is 37.7 Å². The SMILES string of the molecule is O=C1CCC(C(=O)NCCn2nc3c(cc2=O)CCCC3)CN1. The third-order valence-electron chi connectivity index (χ3n) is 4.53. The Morgan fingerprint density at radius 3 is 2.91 bits per heavy atom. The fraction of sp³-hybridized carbons (Fsp3) is 0.625. The van der Waals surface area contributed by atoms with E-state index in [-0.39, 0.29) is 23.3 Å². The highest BCUT2D eigenvalue weighted by atomic mass is 16.2. The Hall–Kier alpha value is -2.18. The van der Waals surface area contributed by atoms with Crippen molar-refractivity contribution < 1.29 is 9.59 Å². The fourth-order valence-electron chi connectivity index (χ4n) is 3.15. The second kappa shape index (κ2) is 6.93. The Labute approximate surface area is 134 Å². The summed E-state index contributed by atoms with van der Waals surface area (Å²) in [6, 6.07) is 1.68. The summed E-state index contributed by atoms with van der Waals surface area (Å²) in [7, 11) is 0. The van der Waals surface area contributed by atoms with E-state index in [0.717, 1.165) is 36.9 Å². The molecule has 0 bridgehead atoms. The summed E-state index contributed by atoms with van der Waals surface area (Å²) in [6.45, 7) is 1.13. The van der Waals surface area contributed by atoms with Crippen LogP contribution in [0.25, 0.3) is 0 Å². The molecule has 0 saturated carbocycles. The van der Waals surface area contributed by atoms with E-state index in [9.17, 15) is 14.4 Å². The van der Waals surface area contributed by atoms with Crippen molar-refractivity contribution in [1.29, 1.82) is 0 Å². The van der Waals surface area contributed by atoms with Gasteiger partial charge in [-0.3, -0.25) is 14.4 Å². The monoisotopic (exact) mass is 318 g/mol. The van der Waals surface area contributed by atoms with Crippen molar-refractivity contribution in [3.05, 3.63) is 27.7 Å². The van der Waals surface area contributed by atoms with Crippen LogP contribution in [-0.2, 0) is 29.0 Å². The van der Waals surface area contributed by atoms with E-state index in [4.69, 9.17) is 0 Å². The van der Waals surface area contributed by atoms with Gasteiger partial charge in [0, 0.05) is 25.6 Å². The minimum atomic E-state index is -0.180. The standard InChI is InChI=1S/C16H22N4O3/c21-14-6-5-12(10-18-14)16(23)17-7-8-20-15(22)9-11-3-1-2-4-13(11)19-20/h9,12H,1-8,10H2,(H,17,23)(H,18,21). The first-order valence-corrected chi connectivity index (χ1v) is 8.28. The molecule has 1 atom stereocenters. The van der Waals surface area contributed by atoms with Crippen LogP contribution in [0.3, 0.4) is 0 Å². The van der Waals surface area contributed by atoms with Crippen LogP contribution < -0.4 is 16.2 Å². The molecule has 2 N–H and O–H groups in total. The lowest BCUT2D eigenvalue weighted by atomic mass is 9.97. The van der Waals surface area contributed by atoms with E-state index >= 15 is 0 Å². The predicted octanol–water partition coefficient (Wildman–Crippen LogP) is -0.235. The van der Waals surface area contributed by atoms with Gasteiger partial charge in [-0.25, -0.2) is 4.68 Å². The Balaban J connectivity index is 1.53. The van der Waals surface area contributed by atoms with Gasteiger partial charge in [0.1, 0.15) is 0 Å². The van der Waals surface area contributed by atoms with Gasteiger partial charge in [-0.15, -0.1) is 0 Å². The summed E-state index contributed by atoms with van der Waals surface area (Å²) in [5, 5.41) is 9.96. The minimum absolute atomic E-state index is 0.00105. The van der Waals surface area contributed by atoms with Crippen LogP contribution >= 0.6 is 0 Å². The Bertz CT molecular complexity index is 658. The summed E-state index contributed by atoms with van der Waals surface area (Å²) in [4.78, 5) is 35.2. The molecule has 23 heavy (non-hydrogen) atoms. The van der Waals surface area contributed by atoms with Gasteiger partial charge in [0.05, 0.1) is 18.2 Å². The van der Waals surface area contributed by atoms with E-state index in [1.54, 1.807) is 6.07 Å². The van der Waals surface area contributed by atoms with E-state index in [0.29, 0.717) is 32.5 Å². The molecule has 1 aromatic heterocycles. The van der Waals surface area contributed by atoms with E-state index < -0.39 is 0 Å². The number of carbonyl (C=O) groups is 2. The second-order valence-corrected chi connectivity index (χ2v) is 6.22. The zero-order valence-corrected chi connectivity index (χ0v) is 13.1. The largest absolute Gasteiger partial charge is 0.355 e. The maximum atomic E-state index is 12.0. The molecule has 2 amide bonds. The summed E-state index contributed by atoms with van der Waals surface area (Å²) in [5.74, 6) is -0.254. The molecule has 124 valence electrons. The average Bonchev–Trinajstić information content (AvgIpc) is 2.56. The number of hydrogen-bond acceptors (Lipinski definition) is 4. The van der Waals surface area contributed by atoms with Gasteiger partial charge in [0.15, 0.2) is 0 Å². The lowest BCUT2D eigenvalue weighted by Crippen LogP contribution is -2.44. The summed E-state index contributed by atoms with van der Waals surface area (Å²) < 4.78 is 1.44. The molecule has 2 heterocycles. The number of nitrogens with one attached hydrogen (secondary N) is 2. The molecule has 0 spiro atoms. The second-order valence-electron chi connectivity index (χ2n) is 6.22. The van der Waals surface area contributed by atoms with E-state index in [2.05, 4.69) is 15.7 Å². The van der Waals surface area contributed by atoms with Gasteiger partial charge in [0.2, 0.25) is 11.8 Å². The predicted molar refractivity (Wildman–Crippen MR) is 83.9 cm³/mol. The number of piperidine rings is 1. The van der Waals surface area contributed by atoms with Crippen molar-refractivity contribution >= 4 is 11.8 Å². The zero-order valence-electron chi connectivity index (χ0n) is 13.1. The van der Waals surface area contributed by atoms with Crippen molar-refractivity contribution in [3.63, 3.8) is 0 Å². The van der Waals surface area contributed by atoms with Gasteiger partial charge < -0.3 is 10.6 Å². The van der Waals surface area contributed by atoms with Crippen molar-refractivity contribution in [1.82, 2.24) is 20.4 Å². The molecular weight excluding hydrogens is 296 g/mol. The lowest BCUT2D eigenvalue weighted by Gasteiger charge is -2.21. The van der Waals surface area contributed by atoms with Crippen molar-refractivity contribution in [2.45, 2.75) is 45.1 Å². The van der Waals surface area contributed by atoms with Gasteiger partial charge in [-0.2, -0.15) is 5.10 Å². The minimum Gasteiger partial charge on any atom is -0.355 e. The van der Waals surface area contributed by atoms with Gasteiger partial charge in [0.25, 0.3) is 5.56 Å². The third kappa shape index (κ3) is 3.78. The molecule has 7 heteroatoms. The molecule has 1 aliphatic carbocycles. The van der Waals surface area contributed by atoms with Crippen LogP contribution in [-0.4, -0.2) is 34.7 Å².